The Morgan fingerprint density at radius 2 is 1.03 bits per heavy atom. The van der Waals surface area contributed by atoms with Gasteiger partial charge in [-0.1, -0.05) is 6.92 Å². The quantitative estimate of drug-likeness (QED) is 0.176. The molecule has 228 valence electrons. The first-order valence-corrected chi connectivity index (χ1v) is 10.9. The second-order valence-electron chi connectivity index (χ2n) is 6.21. The third-order valence-corrected chi connectivity index (χ3v) is 6.46. The smallest absolute Gasteiger partial charge is 0.369 e. The number of hydrogen-bond acceptors (Lipinski definition) is 4. The molecule has 0 rings (SSSR count). The Kier molecular flexibility index (Phi) is 12.2. The lowest BCUT2D eigenvalue weighted by Crippen LogP contribution is -2.73. The first kappa shape index (κ1) is 40.4. The molecule has 0 fully saturated rings. The van der Waals surface area contributed by atoms with E-state index in [1.165, 1.54) is 0 Å². The van der Waals surface area contributed by atoms with E-state index in [1.54, 1.807) is 0 Å². The van der Waals surface area contributed by atoms with Gasteiger partial charge in [-0.05, 0) is 0 Å². The molecular formula is C11H19F15N3O6PS+2. The van der Waals surface area contributed by atoms with E-state index in [4.69, 9.17) is 9.79 Å². The number of phosphoric acid groups is 1. The van der Waals surface area contributed by atoms with Crippen LogP contribution in [0, 0.1) is 0 Å². The summed E-state index contributed by atoms with van der Waals surface area (Å²) in [4.78, 5) is 16.7. The molecule has 0 aliphatic carbocycles. The lowest BCUT2D eigenvalue weighted by molar-refractivity contribution is -0.447. The van der Waals surface area contributed by atoms with Crippen LogP contribution in [0.25, 0.3) is 0 Å². The zero-order valence-corrected chi connectivity index (χ0v) is 19.8. The van der Waals surface area contributed by atoms with E-state index in [1.807, 2.05) is 0 Å². The van der Waals surface area contributed by atoms with E-state index >= 15 is 0 Å². The lowest BCUT2D eigenvalue weighted by Gasteiger charge is -2.41. The van der Waals surface area contributed by atoms with Gasteiger partial charge in [-0.3, -0.25) is 4.52 Å². The number of rotatable bonds is 12. The molecule has 37 heavy (non-hydrogen) atoms. The highest BCUT2D eigenvalue weighted by Gasteiger charge is 2.94. The van der Waals surface area contributed by atoms with E-state index < -0.39 is 82.9 Å². The molecule has 0 aromatic heterocycles. The number of hydrogen-bond donors (Lipinski definition) is 4. The fourth-order valence-electron chi connectivity index (χ4n) is 1.99. The number of nitrogens with zero attached hydrogens (tertiary/aromatic N) is 1. The van der Waals surface area contributed by atoms with E-state index in [-0.39, 0.29) is 12.3 Å². The molecule has 0 spiro atoms. The maximum Gasteiger partial charge on any atom is 0.469 e. The van der Waals surface area contributed by atoms with Gasteiger partial charge in [-0.15, -0.1) is 0 Å². The van der Waals surface area contributed by atoms with Crippen molar-refractivity contribution in [3.63, 3.8) is 0 Å². The Morgan fingerprint density at radius 1 is 0.703 bits per heavy atom. The van der Waals surface area contributed by atoms with Crippen LogP contribution in [0.4, 0.5) is 65.9 Å². The summed E-state index contributed by atoms with van der Waals surface area (Å²) < 4.78 is 234. The monoisotopic (exact) mass is 637 g/mol. The van der Waals surface area contributed by atoms with Crippen molar-refractivity contribution in [3.8, 4) is 0 Å². The average molecular weight is 637 g/mol. The zero-order chi connectivity index (χ0) is 28.9. The van der Waals surface area contributed by atoms with E-state index in [0.717, 1.165) is 0 Å². The minimum absolute atomic E-state index is 0. The van der Waals surface area contributed by atoms with Crippen molar-refractivity contribution < 1.29 is 93.1 Å². The molecule has 9 nitrogen and oxygen atoms in total. The highest BCUT2D eigenvalue weighted by molar-refractivity contribution is 7.90. The molecule has 0 atom stereocenters. The first-order chi connectivity index (χ1) is 14.9. The highest BCUT2D eigenvalue weighted by atomic mass is 32.2. The Labute approximate surface area is 196 Å². The van der Waals surface area contributed by atoms with Gasteiger partial charge in [-0.2, -0.15) is 70.2 Å². The lowest BCUT2D eigenvalue weighted by atomic mass is 9.94. The molecule has 0 aliphatic heterocycles. The highest BCUT2D eigenvalue weighted by Crippen LogP contribution is 2.63. The van der Waals surface area contributed by atoms with Crippen LogP contribution >= 0.6 is 7.82 Å². The summed E-state index contributed by atoms with van der Waals surface area (Å²) in [6.07, 6.45) is -7.81. The van der Waals surface area contributed by atoms with Crippen molar-refractivity contribution in [2.45, 2.75) is 48.0 Å². The van der Waals surface area contributed by atoms with Crippen LogP contribution in [0.3, 0.4) is 0 Å². The zero-order valence-electron chi connectivity index (χ0n) is 18.1. The van der Waals surface area contributed by atoms with Crippen molar-refractivity contribution >= 4 is 17.8 Å². The fraction of sp³-hybridized carbons (Fsp3) is 1.00. The van der Waals surface area contributed by atoms with Crippen LogP contribution in [0.5, 0.6) is 0 Å². The summed E-state index contributed by atoms with van der Waals surface area (Å²) in [5, 5.41) is -7.62. The molecule has 0 aromatic rings. The van der Waals surface area contributed by atoms with Crippen LogP contribution in [-0.4, -0.2) is 83.2 Å². The van der Waals surface area contributed by atoms with Gasteiger partial charge in [-0.25, -0.2) is 13.0 Å². The van der Waals surface area contributed by atoms with Crippen LogP contribution in [0.1, 0.15) is 6.92 Å². The Morgan fingerprint density at radius 3 is 1.32 bits per heavy atom. The summed E-state index contributed by atoms with van der Waals surface area (Å²) in [7, 11) is -12.9. The molecule has 0 saturated heterocycles. The Balaban J connectivity index is -0.00000578. The van der Waals surface area contributed by atoms with Gasteiger partial charge in [0.1, 0.15) is 0 Å². The summed E-state index contributed by atoms with van der Waals surface area (Å²) in [5.74, 6) is -42.3. The van der Waals surface area contributed by atoms with Gasteiger partial charge < -0.3 is 22.1 Å². The molecule has 0 saturated carbocycles. The molecule has 26 heteroatoms. The third kappa shape index (κ3) is 6.38. The van der Waals surface area contributed by atoms with Gasteiger partial charge in [0.2, 0.25) is 0 Å². The summed E-state index contributed by atoms with van der Waals surface area (Å²) in [5.41, 5.74) is 0. The second kappa shape index (κ2) is 11.2. The molecule has 0 unspecified atom stereocenters. The van der Waals surface area contributed by atoms with Gasteiger partial charge in [0.05, 0.1) is 6.61 Å². The van der Waals surface area contributed by atoms with Gasteiger partial charge in [0, 0.05) is 13.1 Å². The molecule has 0 amide bonds. The second-order valence-corrected chi connectivity index (χ2v) is 9.43. The standard InChI is InChI=1S/C11H11F15NO6PS.2H3N/c1-2-27(3-4-33-34(28,29)30)35(31,32)11(25,26)9(20,21)7(16,17)5(12,13)6(14,15)8(18,19)10(22,23)24;;/h2-4H2,1H3,(H2,28,29,30);2*1H3/p+2. The molecule has 0 aliphatic rings. The summed E-state index contributed by atoms with van der Waals surface area (Å²) >= 11 is 0. The van der Waals surface area contributed by atoms with Gasteiger partial charge in [0.15, 0.2) is 0 Å². The fourth-order valence-corrected chi connectivity index (χ4v) is 3.74. The largest absolute Gasteiger partial charge is 0.469 e. The Bertz CT molecular complexity index is 923. The minimum atomic E-state index is -8.66. The van der Waals surface area contributed by atoms with Crippen molar-refractivity contribution in [2.75, 3.05) is 19.7 Å². The average Bonchev–Trinajstić information content (AvgIpc) is 2.62. The number of sulfonamides is 1. The van der Waals surface area contributed by atoms with Crippen molar-refractivity contribution in [2.24, 2.45) is 0 Å². The van der Waals surface area contributed by atoms with E-state index in [9.17, 15) is 78.8 Å². The summed E-state index contributed by atoms with van der Waals surface area (Å²) in [6.45, 7) is -4.45. The first-order valence-electron chi connectivity index (χ1n) is 7.95. The predicted octanol–water partition coefficient (Wildman–Crippen LogP) is 4.83. The number of phosphoric ester groups is 1. The van der Waals surface area contributed by atoms with Crippen molar-refractivity contribution in [1.82, 2.24) is 16.6 Å². The maximum atomic E-state index is 14.0. The van der Waals surface area contributed by atoms with E-state index in [0.29, 0.717) is 6.92 Å². The number of halogens is 15. The molecule has 0 bridgehead atoms. The van der Waals surface area contributed by atoms with Crippen LogP contribution in [-0.2, 0) is 19.1 Å². The van der Waals surface area contributed by atoms with Crippen LogP contribution in [0.2, 0.25) is 0 Å². The van der Waals surface area contributed by atoms with Crippen molar-refractivity contribution in [3.05, 3.63) is 0 Å². The van der Waals surface area contributed by atoms with E-state index in [2.05, 4.69) is 4.52 Å². The maximum absolute atomic E-state index is 14.0. The number of likely N-dealkylation sites (N-methyl/N-ethyl adjacent to an activating group) is 1. The molecular weight excluding hydrogens is 618 g/mol. The topological polar surface area (TPSA) is 177 Å². The van der Waals surface area contributed by atoms with Gasteiger partial charge in [0.25, 0.3) is 10.0 Å². The minimum Gasteiger partial charge on any atom is -0.369 e. The Hall–Kier alpha value is -1.11. The molecule has 0 aromatic carbocycles. The SMILES string of the molecule is CCN(CCOP(=O)(O)O)S(=O)(=O)C(F)(F)C(F)(F)C(F)(F)C(F)(F)C(F)(F)C(F)(F)C(F)(F)F.[NH4+].[NH4+]. The normalized spacial score (nSPS) is 15.3. The molecule has 0 radical (unpaired) electrons. The number of alkyl halides is 15. The third-order valence-electron chi connectivity index (χ3n) is 3.92. The van der Waals surface area contributed by atoms with Crippen LogP contribution < -0.4 is 12.3 Å². The molecule has 0 heterocycles. The van der Waals surface area contributed by atoms with Crippen molar-refractivity contribution in [1.29, 1.82) is 0 Å². The van der Waals surface area contributed by atoms with Gasteiger partial charge >= 0.3 is 48.9 Å². The summed E-state index contributed by atoms with van der Waals surface area (Å²) in [6, 6.07) is 0. The predicted molar refractivity (Wildman–Crippen MR) is 91.9 cm³/mol. The molecule has 10 N–H and O–H groups in total. The van der Waals surface area contributed by atoms with Crippen LogP contribution in [0.15, 0.2) is 0 Å². The number of quaternary nitrogens is 2.